The fourth-order valence-electron chi connectivity index (χ4n) is 3.83. The average molecular weight is 379 g/mol. The summed E-state index contributed by atoms with van der Waals surface area (Å²) in [6, 6.07) is 13.6. The van der Waals surface area contributed by atoms with Gasteiger partial charge in [-0.25, -0.2) is 4.39 Å². The molecule has 0 radical (unpaired) electrons. The first-order valence-electron chi connectivity index (χ1n) is 9.43. The highest BCUT2D eigenvalue weighted by molar-refractivity contribution is 6.47. The highest BCUT2D eigenvalue weighted by Crippen LogP contribution is 2.29. The van der Waals surface area contributed by atoms with Crippen molar-refractivity contribution in [1.29, 1.82) is 0 Å². The van der Waals surface area contributed by atoms with Gasteiger partial charge in [-0.1, -0.05) is 18.2 Å². The molecule has 28 heavy (non-hydrogen) atoms. The van der Waals surface area contributed by atoms with E-state index in [2.05, 4.69) is 4.99 Å². The Bertz CT molecular complexity index is 966. The summed E-state index contributed by atoms with van der Waals surface area (Å²) in [5.41, 5.74) is 2.04. The number of anilines is 1. The third-order valence-corrected chi connectivity index (χ3v) is 5.32. The molecule has 2 aliphatic rings. The monoisotopic (exact) mass is 379 g/mol. The topological polar surface area (TPSA) is 53.0 Å². The number of fused-ring (bicyclic) bond motifs is 1. The molecule has 0 N–H and O–H groups in total. The van der Waals surface area contributed by atoms with Crippen LogP contribution >= 0.6 is 0 Å². The average Bonchev–Trinajstić information content (AvgIpc) is 2.91. The van der Waals surface area contributed by atoms with E-state index in [9.17, 15) is 14.0 Å². The van der Waals surface area contributed by atoms with Crippen LogP contribution in [0.15, 0.2) is 53.5 Å². The zero-order valence-electron chi connectivity index (χ0n) is 16.0. The summed E-state index contributed by atoms with van der Waals surface area (Å²) in [4.78, 5) is 33.8. The summed E-state index contributed by atoms with van der Waals surface area (Å²) in [6.45, 7) is 4.20. The number of para-hydroxylation sites is 1. The van der Waals surface area contributed by atoms with Crippen LogP contribution in [0.25, 0.3) is 0 Å². The van der Waals surface area contributed by atoms with Crippen molar-refractivity contribution in [3.63, 3.8) is 0 Å². The molecule has 0 atom stereocenters. The molecule has 0 fully saturated rings. The smallest absolute Gasteiger partial charge is 0.275 e. The van der Waals surface area contributed by atoms with Crippen LogP contribution in [0.3, 0.4) is 0 Å². The lowest BCUT2D eigenvalue weighted by atomic mass is 10.0. The number of hydrogen-bond donors (Lipinski definition) is 0. The van der Waals surface area contributed by atoms with E-state index >= 15 is 0 Å². The van der Waals surface area contributed by atoms with Crippen LogP contribution in [-0.4, -0.2) is 41.2 Å². The maximum atomic E-state index is 13.2. The molecule has 2 amide bonds. The van der Waals surface area contributed by atoms with Crippen LogP contribution < -0.4 is 4.90 Å². The number of amides is 2. The van der Waals surface area contributed by atoms with Gasteiger partial charge >= 0.3 is 0 Å². The first kappa shape index (κ1) is 18.3. The number of aliphatic imine (C=N–C) groups is 1. The van der Waals surface area contributed by atoms with E-state index in [1.165, 1.54) is 29.2 Å². The van der Waals surface area contributed by atoms with Gasteiger partial charge in [0.15, 0.2) is 0 Å². The molecule has 6 heteroatoms. The Hall–Kier alpha value is -3.02. The third-order valence-electron chi connectivity index (χ3n) is 5.32. The van der Waals surface area contributed by atoms with Gasteiger partial charge < -0.3 is 9.80 Å². The normalized spacial score (nSPS) is 18.1. The number of rotatable bonds is 3. The first-order valence-corrected chi connectivity index (χ1v) is 9.43. The van der Waals surface area contributed by atoms with Gasteiger partial charge in [0.05, 0.1) is 0 Å². The quantitative estimate of drug-likeness (QED) is 0.823. The van der Waals surface area contributed by atoms with Gasteiger partial charge in [-0.15, -0.1) is 0 Å². The van der Waals surface area contributed by atoms with Gasteiger partial charge in [-0.3, -0.25) is 14.6 Å². The van der Waals surface area contributed by atoms with Gasteiger partial charge in [-0.05, 0) is 62.6 Å². The fraction of sp³-hybridized carbons (Fsp3) is 0.318. The van der Waals surface area contributed by atoms with Crippen LogP contribution in [0.4, 0.5) is 10.1 Å². The Morgan fingerprint density at radius 1 is 1.14 bits per heavy atom. The zero-order valence-corrected chi connectivity index (χ0v) is 16.0. The van der Waals surface area contributed by atoms with Gasteiger partial charge in [-0.2, -0.15) is 0 Å². The summed E-state index contributed by atoms with van der Waals surface area (Å²) < 4.78 is 13.2. The van der Waals surface area contributed by atoms with Crippen molar-refractivity contribution in [2.24, 2.45) is 4.99 Å². The molecule has 2 aliphatic heterocycles. The second kappa shape index (κ2) is 6.86. The van der Waals surface area contributed by atoms with E-state index in [4.69, 9.17) is 0 Å². The van der Waals surface area contributed by atoms with Crippen molar-refractivity contribution in [2.75, 3.05) is 18.0 Å². The SMILES string of the molecule is CC1(C)N=C(c2ccc(F)cc2)C(=O)N1CC(=O)N1CCCc2ccccc21. The molecule has 0 bridgehead atoms. The van der Waals surface area contributed by atoms with Crippen LogP contribution in [-0.2, 0) is 16.0 Å². The summed E-state index contributed by atoms with van der Waals surface area (Å²) in [7, 11) is 0. The summed E-state index contributed by atoms with van der Waals surface area (Å²) in [5.74, 6) is -0.802. The summed E-state index contributed by atoms with van der Waals surface area (Å²) in [6.07, 6.45) is 1.85. The molecule has 0 unspecified atom stereocenters. The lowest BCUT2D eigenvalue weighted by Crippen LogP contribution is -2.50. The van der Waals surface area contributed by atoms with E-state index in [1.54, 1.807) is 18.7 Å². The van der Waals surface area contributed by atoms with Crippen molar-refractivity contribution < 1.29 is 14.0 Å². The molecule has 0 saturated heterocycles. The predicted molar refractivity (Wildman–Crippen MR) is 106 cm³/mol. The Morgan fingerprint density at radius 3 is 2.61 bits per heavy atom. The summed E-state index contributed by atoms with van der Waals surface area (Å²) >= 11 is 0. The van der Waals surface area contributed by atoms with Gasteiger partial charge in [0.25, 0.3) is 5.91 Å². The highest BCUT2D eigenvalue weighted by atomic mass is 19.1. The third kappa shape index (κ3) is 3.19. The number of benzene rings is 2. The fourth-order valence-corrected chi connectivity index (χ4v) is 3.83. The Balaban J connectivity index is 1.56. The number of carbonyl (C=O) groups excluding carboxylic acids is 2. The van der Waals surface area contributed by atoms with Gasteiger partial charge in [0.1, 0.15) is 23.7 Å². The number of aryl methyl sites for hydroxylation is 1. The van der Waals surface area contributed by atoms with Crippen molar-refractivity contribution in [2.45, 2.75) is 32.4 Å². The zero-order chi connectivity index (χ0) is 19.9. The molecule has 144 valence electrons. The minimum atomic E-state index is -0.842. The minimum absolute atomic E-state index is 0.0473. The maximum Gasteiger partial charge on any atom is 0.275 e. The molecular weight excluding hydrogens is 357 g/mol. The lowest BCUT2D eigenvalue weighted by molar-refractivity contribution is -0.132. The van der Waals surface area contributed by atoms with Crippen LogP contribution in [0.5, 0.6) is 0 Å². The van der Waals surface area contributed by atoms with E-state index < -0.39 is 5.66 Å². The van der Waals surface area contributed by atoms with Crippen molar-refractivity contribution >= 4 is 23.2 Å². The van der Waals surface area contributed by atoms with E-state index in [0.717, 1.165) is 24.1 Å². The molecule has 5 nitrogen and oxygen atoms in total. The van der Waals surface area contributed by atoms with Gasteiger partial charge in [0.2, 0.25) is 5.91 Å². The van der Waals surface area contributed by atoms with Crippen molar-refractivity contribution in [3.8, 4) is 0 Å². The van der Waals surface area contributed by atoms with E-state index in [1.807, 2.05) is 24.3 Å². The number of carbonyl (C=O) groups is 2. The van der Waals surface area contributed by atoms with E-state index in [-0.39, 0.29) is 29.9 Å². The Labute approximate surface area is 163 Å². The Kier molecular flexibility index (Phi) is 4.49. The maximum absolute atomic E-state index is 13.2. The first-order chi connectivity index (χ1) is 13.4. The highest BCUT2D eigenvalue weighted by Gasteiger charge is 2.42. The second-order valence-electron chi connectivity index (χ2n) is 7.63. The number of halogens is 1. The van der Waals surface area contributed by atoms with Crippen molar-refractivity contribution in [1.82, 2.24) is 4.90 Å². The lowest BCUT2D eigenvalue weighted by Gasteiger charge is -2.34. The number of nitrogens with zero attached hydrogens (tertiary/aromatic N) is 3. The standard InChI is InChI=1S/C22H22FN3O2/c1-22(2)24-20(16-9-11-17(23)12-10-16)21(28)26(22)14-19(27)25-13-5-7-15-6-3-4-8-18(15)25/h3-4,6,8-12H,5,7,13-14H2,1-2H3. The molecule has 2 aromatic carbocycles. The molecule has 0 aromatic heterocycles. The Morgan fingerprint density at radius 2 is 1.86 bits per heavy atom. The largest absolute Gasteiger partial charge is 0.311 e. The molecule has 0 spiro atoms. The number of hydrogen-bond acceptors (Lipinski definition) is 3. The molecule has 4 rings (SSSR count). The van der Waals surface area contributed by atoms with Crippen LogP contribution in [0.2, 0.25) is 0 Å². The van der Waals surface area contributed by atoms with Crippen LogP contribution in [0, 0.1) is 5.82 Å². The van der Waals surface area contributed by atoms with E-state index in [0.29, 0.717) is 12.1 Å². The van der Waals surface area contributed by atoms with Crippen LogP contribution in [0.1, 0.15) is 31.4 Å². The van der Waals surface area contributed by atoms with Gasteiger partial charge in [0, 0.05) is 17.8 Å². The van der Waals surface area contributed by atoms with Crippen molar-refractivity contribution in [3.05, 3.63) is 65.5 Å². The molecule has 2 heterocycles. The molecule has 2 aromatic rings. The molecule has 0 aliphatic carbocycles. The molecule has 0 saturated carbocycles. The minimum Gasteiger partial charge on any atom is -0.311 e. The predicted octanol–water partition coefficient (Wildman–Crippen LogP) is 3.17. The summed E-state index contributed by atoms with van der Waals surface area (Å²) in [5, 5.41) is 0. The second-order valence-corrected chi connectivity index (χ2v) is 7.63. The molecular formula is C22H22FN3O2.